The summed E-state index contributed by atoms with van der Waals surface area (Å²) in [4.78, 5) is 4.32. The van der Waals surface area contributed by atoms with E-state index in [1.807, 2.05) is 6.92 Å². The molecule has 0 bridgehead atoms. The summed E-state index contributed by atoms with van der Waals surface area (Å²) in [6.07, 6.45) is 4.11. The van der Waals surface area contributed by atoms with Crippen molar-refractivity contribution >= 4 is 0 Å². The first kappa shape index (κ1) is 10.4. The monoisotopic (exact) mass is 234 g/mol. The van der Waals surface area contributed by atoms with Crippen LogP contribution >= 0.6 is 0 Å². The molecule has 0 aliphatic heterocycles. The number of hydrogen-bond donors (Lipinski definition) is 1. The number of nitrogens with zero attached hydrogens (tertiary/aromatic N) is 5. The highest BCUT2D eigenvalue weighted by atomic mass is 16.5. The van der Waals surface area contributed by atoms with E-state index in [1.165, 1.54) is 0 Å². The molecule has 7 heteroatoms. The summed E-state index contributed by atoms with van der Waals surface area (Å²) in [5, 5.41) is 11.9. The zero-order valence-corrected chi connectivity index (χ0v) is 9.58. The van der Waals surface area contributed by atoms with Gasteiger partial charge < -0.3 is 10.3 Å². The minimum absolute atomic E-state index is 0.115. The largest absolute Gasteiger partial charge is 0.339 e. The Balaban J connectivity index is 1.71. The third-order valence-electron chi connectivity index (χ3n) is 2.74. The number of aromatic nitrogens is 5. The van der Waals surface area contributed by atoms with Crippen LogP contribution in [-0.2, 0) is 6.54 Å². The molecule has 2 N–H and O–H groups in total. The van der Waals surface area contributed by atoms with Gasteiger partial charge in [0.1, 0.15) is 6.54 Å². The lowest BCUT2D eigenvalue weighted by molar-refractivity contribution is 0.372. The molecule has 0 aromatic carbocycles. The van der Waals surface area contributed by atoms with E-state index in [1.54, 1.807) is 10.9 Å². The normalized spacial score (nSPS) is 17.3. The highest BCUT2D eigenvalue weighted by Gasteiger charge is 2.29. The molecule has 1 fully saturated rings. The third-order valence-corrected chi connectivity index (χ3v) is 2.74. The van der Waals surface area contributed by atoms with Crippen LogP contribution in [0, 0.1) is 0 Å². The van der Waals surface area contributed by atoms with Crippen molar-refractivity contribution in [3.05, 3.63) is 23.6 Å². The fraction of sp³-hybridized carbons (Fsp3) is 0.600. The lowest BCUT2D eigenvalue weighted by atomic mass is 10.3. The van der Waals surface area contributed by atoms with Crippen LogP contribution in [0.25, 0.3) is 0 Å². The molecular weight excluding hydrogens is 220 g/mol. The Morgan fingerprint density at radius 3 is 3.06 bits per heavy atom. The van der Waals surface area contributed by atoms with Crippen molar-refractivity contribution in [1.29, 1.82) is 0 Å². The van der Waals surface area contributed by atoms with Gasteiger partial charge in [0.25, 0.3) is 0 Å². The van der Waals surface area contributed by atoms with Crippen LogP contribution in [0.3, 0.4) is 0 Å². The van der Waals surface area contributed by atoms with Gasteiger partial charge in [0.2, 0.25) is 5.89 Å². The second kappa shape index (κ2) is 3.92. The number of nitrogens with two attached hydrogens (primary N) is 1. The molecule has 1 saturated carbocycles. The summed E-state index contributed by atoms with van der Waals surface area (Å²) in [5.41, 5.74) is 6.47. The van der Waals surface area contributed by atoms with Crippen molar-refractivity contribution in [2.45, 2.75) is 38.3 Å². The molecule has 1 aliphatic carbocycles. The van der Waals surface area contributed by atoms with Crippen LogP contribution in [0.5, 0.6) is 0 Å². The van der Waals surface area contributed by atoms with Gasteiger partial charge in [-0.3, -0.25) is 0 Å². The molecule has 0 spiro atoms. The molecule has 2 aromatic rings. The first-order valence-electron chi connectivity index (χ1n) is 5.70. The van der Waals surface area contributed by atoms with Gasteiger partial charge in [-0.25, -0.2) is 4.68 Å². The van der Waals surface area contributed by atoms with Gasteiger partial charge >= 0.3 is 0 Å². The second-order valence-corrected chi connectivity index (χ2v) is 4.45. The van der Waals surface area contributed by atoms with Gasteiger partial charge in [0.05, 0.1) is 11.9 Å². The highest BCUT2D eigenvalue weighted by Crippen LogP contribution is 2.38. The van der Waals surface area contributed by atoms with Crippen LogP contribution in [0.15, 0.2) is 10.7 Å². The maximum Gasteiger partial charge on any atom is 0.229 e. The van der Waals surface area contributed by atoms with Crippen molar-refractivity contribution in [3.63, 3.8) is 0 Å². The van der Waals surface area contributed by atoms with E-state index in [-0.39, 0.29) is 6.04 Å². The maximum atomic E-state index is 5.71. The minimum atomic E-state index is -0.115. The van der Waals surface area contributed by atoms with E-state index in [0.29, 0.717) is 18.3 Å². The zero-order chi connectivity index (χ0) is 11.8. The van der Waals surface area contributed by atoms with Crippen LogP contribution in [0.2, 0.25) is 0 Å². The standard InChI is InChI=1S/C10H14N6O/c1-6(11)8-4-16(15-13-8)5-9-12-10(17-14-9)7-2-3-7/h4,6-7H,2-3,5,11H2,1H3. The molecule has 0 radical (unpaired) electrons. The minimum Gasteiger partial charge on any atom is -0.339 e. The zero-order valence-electron chi connectivity index (χ0n) is 9.58. The van der Waals surface area contributed by atoms with E-state index in [2.05, 4.69) is 20.5 Å². The molecule has 1 atom stereocenters. The van der Waals surface area contributed by atoms with Crippen LogP contribution in [-0.4, -0.2) is 25.1 Å². The predicted molar refractivity (Wildman–Crippen MR) is 58.0 cm³/mol. The van der Waals surface area contributed by atoms with Gasteiger partial charge in [-0.1, -0.05) is 10.4 Å². The summed E-state index contributed by atoms with van der Waals surface area (Å²) in [5.74, 6) is 1.85. The lowest BCUT2D eigenvalue weighted by Crippen LogP contribution is -2.05. The fourth-order valence-corrected chi connectivity index (χ4v) is 1.57. The molecular formula is C10H14N6O. The third kappa shape index (κ3) is 2.19. The number of hydrogen-bond acceptors (Lipinski definition) is 6. The topological polar surface area (TPSA) is 95.7 Å². The molecule has 1 unspecified atom stereocenters. The average molecular weight is 234 g/mol. The van der Waals surface area contributed by atoms with Gasteiger partial charge in [-0.05, 0) is 19.8 Å². The number of rotatable bonds is 4. The summed E-state index contributed by atoms with van der Waals surface area (Å²) in [6, 6.07) is -0.115. The molecule has 1 aliphatic rings. The van der Waals surface area contributed by atoms with E-state index in [9.17, 15) is 0 Å². The molecule has 7 nitrogen and oxygen atoms in total. The summed E-state index contributed by atoms with van der Waals surface area (Å²) in [7, 11) is 0. The Hall–Kier alpha value is -1.76. The SMILES string of the molecule is CC(N)c1cn(Cc2noc(C3CC3)n2)nn1. The molecule has 0 saturated heterocycles. The summed E-state index contributed by atoms with van der Waals surface area (Å²) >= 11 is 0. The Bertz CT molecular complexity index is 474. The first-order chi connectivity index (χ1) is 8.22. The Morgan fingerprint density at radius 2 is 2.41 bits per heavy atom. The van der Waals surface area contributed by atoms with Crippen molar-refractivity contribution < 1.29 is 4.52 Å². The quantitative estimate of drug-likeness (QED) is 0.832. The van der Waals surface area contributed by atoms with Crippen molar-refractivity contribution in [3.8, 4) is 0 Å². The fourth-order valence-electron chi connectivity index (χ4n) is 1.57. The van der Waals surface area contributed by atoms with Gasteiger partial charge in [-0.2, -0.15) is 4.98 Å². The summed E-state index contributed by atoms with van der Waals surface area (Å²) < 4.78 is 6.83. The van der Waals surface area contributed by atoms with E-state index < -0.39 is 0 Å². The molecule has 2 heterocycles. The van der Waals surface area contributed by atoms with Crippen molar-refractivity contribution in [2.24, 2.45) is 5.73 Å². The lowest BCUT2D eigenvalue weighted by Gasteiger charge is -1.95. The first-order valence-corrected chi connectivity index (χ1v) is 5.70. The van der Waals surface area contributed by atoms with Crippen molar-refractivity contribution in [2.75, 3.05) is 0 Å². The highest BCUT2D eigenvalue weighted by molar-refractivity contribution is 5.03. The van der Waals surface area contributed by atoms with Crippen molar-refractivity contribution in [1.82, 2.24) is 25.1 Å². The van der Waals surface area contributed by atoms with E-state index >= 15 is 0 Å². The van der Waals surface area contributed by atoms with Gasteiger partial charge in [-0.15, -0.1) is 5.10 Å². The predicted octanol–water partition coefficient (Wildman–Crippen LogP) is 0.606. The smallest absolute Gasteiger partial charge is 0.229 e. The van der Waals surface area contributed by atoms with Crippen LogP contribution in [0.4, 0.5) is 0 Å². The van der Waals surface area contributed by atoms with E-state index in [4.69, 9.17) is 10.3 Å². The molecule has 2 aromatic heterocycles. The Morgan fingerprint density at radius 1 is 1.59 bits per heavy atom. The van der Waals surface area contributed by atoms with Gasteiger partial charge in [0, 0.05) is 12.0 Å². The molecule has 3 rings (SSSR count). The molecule has 17 heavy (non-hydrogen) atoms. The van der Waals surface area contributed by atoms with E-state index in [0.717, 1.165) is 24.4 Å². The van der Waals surface area contributed by atoms with Crippen LogP contribution < -0.4 is 5.73 Å². The average Bonchev–Trinajstić information content (AvgIpc) is 2.87. The van der Waals surface area contributed by atoms with Crippen LogP contribution in [0.1, 0.15) is 49.1 Å². The Labute approximate surface area is 98.0 Å². The summed E-state index contributed by atoms with van der Waals surface area (Å²) in [6.45, 7) is 2.34. The maximum absolute atomic E-state index is 5.71. The molecule has 90 valence electrons. The second-order valence-electron chi connectivity index (χ2n) is 4.45. The Kier molecular flexibility index (Phi) is 2.40. The van der Waals surface area contributed by atoms with Gasteiger partial charge in [0.15, 0.2) is 5.82 Å². The molecule has 0 amide bonds.